The number of hydrogen-bond acceptors (Lipinski definition) is 5. The van der Waals surface area contributed by atoms with Crippen molar-refractivity contribution in [1.82, 2.24) is 5.32 Å². The maximum absolute atomic E-state index is 13.8. The van der Waals surface area contributed by atoms with E-state index in [0.29, 0.717) is 11.6 Å². The highest BCUT2D eigenvalue weighted by molar-refractivity contribution is 9.10. The molecule has 11 heteroatoms. The molecule has 0 unspecified atom stereocenters. The zero-order chi connectivity index (χ0) is 21.1. The molecule has 0 fully saturated rings. The molecule has 3 aromatic rings. The van der Waals surface area contributed by atoms with E-state index >= 15 is 0 Å². The van der Waals surface area contributed by atoms with Crippen molar-refractivity contribution in [3.8, 4) is 11.3 Å². The Morgan fingerprint density at radius 1 is 1.17 bits per heavy atom. The van der Waals surface area contributed by atoms with Gasteiger partial charge in [0.2, 0.25) is 0 Å². The second kappa shape index (κ2) is 8.45. The Morgan fingerprint density at radius 3 is 2.62 bits per heavy atom. The number of amides is 1. The molecular formula is C18H10BrF2N3O4S. The van der Waals surface area contributed by atoms with Crippen molar-refractivity contribution < 1.29 is 22.9 Å². The molecule has 0 aliphatic carbocycles. The van der Waals surface area contributed by atoms with Gasteiger partial charge in [-0.15, -0.1) is 0 Å². The summed E-state index contributed by atoms with van der Waals surface area (Å²) in [4.78, 5) is 22.6. The molecule has 2 N–H and O–H groups in total. The van der Waals surface area contributed by atoms with E-state index < -0.39 is 22.5 Å². The number of thiocarbonyl (C=S) groups is 1. The molecule has 0 saturated carbocycles. The average Bonchev–Trinajstić information content (AvgIpc) is 3.15. The number of rotatable bonds is 4. The molecule has 29 heavy (non-hydrogen) atoms. The largest absolute Gasteiger partial charge is 0.451 e. The van der Waals surface area contributed by atoms with E-state index in [1.807, 2.05) is 0 Å². The van der Waals surface area contributed by atoms with Gasteiger partial charge in [0.05, 0.1) is 10.6 Å². The smallest absolute Gasteiger partial charge is 0.293 e. The maximum Gasteiger partial charge on any atom is 0.293 e. The van der Waals surface area contributed by atoms with Crippen LogP contribution < -0.4 is 10.6 Å². The number of nitro groups is 1. The first-order valence-corrected chi connectivity index (χ1v) is 9.06. The van der Waals surface area contributed by atoms with E-state index in [1.165, 1.54) is 30.3 Å². The van der Waals surface area contributed by atoms with Crippen molar-refractivity contribution in [3.63, 3.8) is 0 Å². The summed E-state index contributed by atoms with van der Waals surface area (Å²) < 4.78 is 32.5. The van der Waals surface area contributed by atoms with E-state index in [4.69, 9.17) is 16.6 Å². The fourth-order valence-electron chi connectivity index (χ4n) is 2.36. The summed E-state index contributed by atoms with van der Waals surface area (Å²) in [5, 5.41) is 15.4. The lowest BCUT2D eigenvalue weighted by molar-refractivity contribution is -0.384. The van der Waals surface area contributed by atoms with Gasteiger partial charge in [0.15, 0.2) is 16.7 Å². The van der Waals surface area contributed by atoms with Gasteiger partial charge in [0.25, 0.3) is 11.6 Å². The van der Waals surface area contributed by atoms with Gasteiger partial charge in [-0.3, -0.25) is 20.2 Å². The Kier molecular flexibility index (Phi) is 5.99. The number of hydrogen-bond donors (Lipinski definition) is 2. The number of non-ortho nitro benzene ring substituents is 1. The maximum atomic E-state index is 13.8. The van der Waals surface area contributed by atoms with Crippen LogP contribution in [0.2, 0.25) is 0 Å². The van der Waals surface area contributed by atoms with Gasteiger partial charge in [-0.1, -0.05) is 12.1 Å². The number of nitro benzene ring substituents is 1. The molecule has 148 valence electrons. The van der Waals surface area contributed by atoms with Gasteiger partial charge in [-0.05, 0) is 46.3 Å². The highest BCUT2D eigenvalue weighted by atomic mass is 79.9. The second-order valence-electron chi connectivity index (χ2n) is 5.62. The minimum atomic E-state index is -0.903. The van der Waals surface area contributed by atoms with Gasteiger partial charge >= 0.3 is 0 Å². The molecule has 0 saturated heterocycles. The summed E-state index contributed by atoms with van der Waals surface area (Å²) in [5.74, 6) is -2.28. The van der Waals surface area contributed by atoms with Gasteiger partial charge in [-0.25, -0.2) is 8.78 Å². The highest BCUT2D eigenvalue weighted by Crippen LogP contribution is 2.27. The summed E-state index contributed by atoms with van der Waals surface area (Å²) in [7, 11) is 0. The summed E-state index contributed by atoms with van der Waals surface area (Å²) in [6.45, 7) is 0. The lowest BCUT2D eigenvalue weighted by Gasteiger charge is -2.11. The Morgan fingerprint density at radius 2 is 1.93 bits per heavy atom. The lowest BCUT2D eigenvalue weighted by atomic mass is 10.1. The Bertz CT molecular complexity index is 1110. The first kappa shape index (κ1) is 20.6. The quantitative estimate of drug-likeness (QED) is 0.308. The van der Waals surface area contributed by atoms with E-state index in [1.54, 1.807) is 6.07 Å². The highest BCUT2D eigenvalue weighted by Gasteiger charge is 2.17. The zero-order valence-electron chi connectivity index (χ0n) is 14.2. The van der Waals surface area contributed by atoms with Crippen LogP contribution in [0.5, 0.6) is 0 Å². The number of halogens is 3. The Labute approximate surface area is 176 Å². The van der Waals surface area contributed by atoms with Gasteiger partial charge < -0.3 is 9.73 Å². The minimum Gasteiger partial charge on any atom is -0.451 e. The molecule has 3 rings (SSSR count). The predicted molar refractivity (Wildman–Crippen MR) is 109 cm³/mol. The van der Waals surface area contributed by atoms with Gasteiger partial charge in [0, 0.05) is 28.2 Å². The van der Waals surface area contributed by atoms with Crippen LogP contribution in [0.4, 0.5) is 20.2 Å². The van der Waals surface area contributed by atoms with Crippen molar-refractivity contribution in [2.24, 2.45) is 0 Å². The van der Waals surface area contributed by atoms with Crippen LogP contribution in [0.1, 0.15) is 10.6 Å². The minimum absolute atomic E-state index is 0.0811. The first-order valence-electron chi connectivity index (χ1n) is 7.86. The second-order valence-corrected chi connectivity index (χ2v) is 6.89. The van der Waals surface area contributed by atoms with Crippen molar-refractivity contribution in [2.45, 2.75) is 0 Å². The standard InChI is InChI=1S/C18H10BrF2N3O4S/c19-12-7-10(20)8-13(21)16(12)22-18(29)23-17(25)15-5-4-14(28-15)9-2-1-3-11(6-9)24(26)27/h1-8H,(H2,22,23,25,29). The Balaban J connectivity index is 1.71. The molecule has 0 atom stereocenters. The third-order valence-corrected chi connectivity index (χ3v) is 4.47. The fourth-order valence-corrected chi connectivity index (χ4v) is 3.06. The first-order chi connectivity index (χ1) is 13.7. The molecule has 1 amide bonds. The summed E-state index contributed by atoms with van der Waals surface area (Å²) in [6, 6.07) is 10.3. The summed E-state index contributed by atoms with van der Waals surface area (Å²) in [6.07, 6.45) is 0. The van der Waals surface area contributed by atoms with Crippen LogP contribution in [-0.4, -0.2) is 15.9 Å². The van der Waals surface area contributed by atoms with Crippen molar-refractivity contribution in [2.75, 3.05) is 5.32 Å². The number of benzene rings is 2. The van der Waals surface area contributed by atoms with E-state index in [9.17, 15) is 23.7 Å². The van der Waals surface area contributed by atoms with Crippen molar-refractivity contribution in [1.29, 1.82) is 0 Å². The monoisotopic (exact) mass is 481 g/mol. The summed E-state index contributed by atoms with van der Waals surface area (Å²) >= 11 is 7.97. The van der Waals surface area contributed by atoms with E-state index in [2.05, 4.69) is 26.6 Å². The molecule has 1 aromatic heterocycles. The van der Waals surface area contributed by atoms with Gasteiger partial charge in [0.1, 0.15) is 11.6 Å². The summed E-state index contributed by atoms with van der Waals surface area (Å²) in [5.41, 5.74) is 0.145. The van der Waals surface area contributed by atoms with Crippen molar-refractivity contribution >= 4 is 50.5 Å². The van der Waals surface area contributed by atoms with Gasteiger partial charge in [-0.2, -0.15) is 0 Å². The molecule has 0 bridgehead atoms. The fraction of sp³-hybridized carbons (Fsp3) is 0. The Hall–Kier alpha value is -3.18. The lowest BCUT2D eigenvalue weighted by Crippen LogP contribution is -2.34. The third kappa shape index (κ3) is 4.81. The normalized spacial score (nSPS) is 10.4. The average molecular weight is 482 g/mol. The number of furan rings is 1. The molecule has 1 heterocycles. The molecule has 0 radical (unpaired) electrons. The molecule has 2 aromatic carbocycles. The third-order valence-electron chi connectivity index (χ3n) is 3.64. The number of carbonyl (C=O) groups excluding carboxylic acids is 1. The zero-order valence-corrected chi connectivity index (χ0v) is 16.6. The topological polar surface area (TPSA) is 97.4 Å². The molecule has 0 aliphatic heterocycles. The van der Waals surface area contributed by atoms with Crippen LogP contribution in [0.25, 0.3) is 11.3 Å². The van der Waals surface area contributed by atoms with Crippen molar-refractivity contribution in [3.05, 3.63) is 80.5 Å². The number of anilines is 1. The number of nitrogens with zero attached hydrogens (tertiary/aromatic N) is 1. The number of nitrogens with one attached hydrogen (secondary N) is 2. The molecular weight excluding hydrogens is 472 g/mol. The predicted octanol–water partition coefficient (Wildman–Crippen LogP) is 5.02. The van der Waals surface area contributed by atoms with Crippen LogP contribution in [0.15, 0.2) is 57.4 Å². The van der Waals surface area contributed by atoms with E-state index in [0.717, 1.165) is 6.07 Å². The van der Waals surface area contributed by atoms with Crippen LogP contribution >= 0.6 is 28.1 Å². The van der Waals surface area contributed by atoms with Crippen LogP contribution in [-0.2, 0) is 0 Å². The SMILES string of the molecule is O=C(NC(=S)Nc1c(F)cc(F)cc1Br)c1ccc(-c2cccc([N+](=O)[O-])c2)o1. The number of carbonyl (C=O) groups is 1. The van der Waals surface area contributed by atoms with Crippen LogP contribution in [0, 0.1) is 21.7 Å². The molecule has 0 spiro atoms. The molecule has 7 nitrogen and oxygen atoms in total. The van der Waals surface area contributed by atoms with E-state index in [-0.39, 0.29) is 32.5 Å². The van der Waals surface area contributed by atoms with Crippen LogP contribution in [0.3, 0.4) is 0 Å². The molecule has 0 aliphatic rings.